The molecular weight excluding hydrogens is 383 g/mol. The van der Waals surface area contributed by atoms with Crippen molar-refractivity contribution in [2.45, 2.75) is 12.5 Å². The summed E-state index contributed by atoms with van der Waals surface area (Å²) in [5, 5.41) is 4.25. The molecule has 1 aromatic heterocycles. The van der Waals surface area contributed by atoms with Gasteiger partial charge >= 0.3 is 0 Å². The van der Waals surface area contributed by atoms with Gasteiger partial charge in [0.05, 0.1) is 22.0 Å². The van der Waals surface area contributed by atoms with Gasteiger partial charge in [-0.15, -0.1) is 0 Å². The SMILES string of the molecule is O=S1(=O)CCC(n2cc(Br)c(I)n2)C1. The fraction of sp³-hybridized carbons (Fsp3) is 0.571. The standard InChI is InChI=1S/C7H8BrIN2O2S/c8-6-3-11(10-7(6)9)5-1-2-14(12,13)4-5/h3,5H,1-2,4H2. The second-order valence-electron chi connectivity index (χ2n) is 3.30. The second-order valence-corrected chi connectivity index (χ2v) is 7.41. The summed E-state index contributed by atoms with van der Waals surface area (Å²) in [6.45, 7) is 0. The zero-order valence-electron chi connectivity index (χ0n) is 7.15. The Balaban J connectivity index is 2.26. The van der Waals surface area contributed by atoms with E-state index in [4.69, 9.17) is 0 Å². The van der Waals surface area contributed by atoms with Crippen molar-refractivity contribution in [1.29, 1.82) is 0 Å². The van der Waals surface area contributed by atoms with Gasteiger partial charge in [-0.2, -0.15) is 5.10 Å². The van der Waals surface area contributed by atoms with E-state index in [1.807, 2.05) is 6.20 Å². The first-order valence-electron chi connectivity index (χ1n) is 4.08. The first kappa shape index (κ1) is 10.9. The van der Waals surface area contributed by atoms with Crippen LogP contribution in [-0.2, 0) is 9.84 Å². The number of halogens is 2. The molecule has 0 aromatic carbocycles. The summed E-state index contributed by atoms with van der Waals surface area (Å²) in [5.74, 6) is 0.503. The van der Waals surface area contributed by atoms with Crippen molar-refractivity contribution in [2.24, 2.45) is 0 Å². The van der Waals surface area contributed by atoms with Gasteiger partial charge < -0.3 is 0 Å². The van der Waals surface area contributed by atoms with Crippen molar-refractivity contribution in [3.63, 3.8) is 0 Å². The van der Waals surface area contributed by atoms with Gasteiger partial charge in [0.2, 0.25) is 0 Å². The molecule has 1 unspecified atom stereocenters. The predicted octanol–water partition coefficient (Wildman–Crippen LogP) is 1.61. The molecule has 0 saturated carbocycles. The van der Waals surface area contributed by atoms with E-state index in [2.05, 4.69) is 43.6 Å². The van der Waals surface area contributed by atoms with Crippen molar-refractivity contribution in [3.8, 4) is 0 Å². The first-order chi connectivity index (χ1) is 6.48. The number of hydrogen-bond donors (Lipinski definition) is 0. The summed E-state index contributed by atoms with van der Waals surface area (Å²) in [6, 6.07) is 0.0137. The molecule has 0 spiro atoms. The summed E-state index contributed by atoms with van der Waals surface area (Å²) in [4.78, 5) is 0. The molecule has 1 fully saturated rings. The van der Waals surface area contributed by atoms with E-state index in [9.17, 15) is 8.42 Å². The minimum Gasteiger partial charge on any atom is -0.266 e. The average Bonchev–Trinajstić information content (AvgIpc) is 2.57. The number of rotatable bonds is 1. The molecule has 1 atom stereocenters. The quantitative estimate of drug-likeness (QED) is 0.684. The van der Waals surface area contributed by atoms with Gasteiger partial charge in [0.1, 0.15) is 3.70 Å². The fourth-order valence-corrected chi connectivity index (χ4v) is 3.90. The van der Waals surface area contributed by atoms with Gasteiger partial charge in [-0.3, -0.25) is 4.68 Å². The van der Waals surface area contributed by atoms with Gasteiger partial charge in [-0.05, 0) is 44.9 Å². The van der Waals surface area contributed by atoms with Crippen LogP contribution in [0.15, 0.2) is 10.7 Å². The van der Waals surface area contributed by atoms with Gasteiger partial charge in [0.25, 0.3) is 0 Å². The monoisotopic (exact) mass is 390 g/mol. The maximum Gasteiger partial charge on any atom is 0.152 e. The second kappa shape index (κ2) is 3.75. The highest BCUT2D eigenvalue weighted by molar-refractivity contribution is 14.1. The van der Waals surface area contributed by atoms with E-state index < -0.39 is 9.84 Å². The Bertz CT molecular complexity index is 437. The zero-order valence-corrected chi connectivity index (χ0v) is 11.7. The van der Waals surface area contributed by atoms with Crippen LogP contribution in [0.4, 0.5) is 0 Å². The summed E-state index contributed by atoms with van der Waals surface area (Å²) in [5.41, 5.74) is 0. The maximum absolute atomic E-state index is 11.3. The van der Waals surface area contributed by atoms with Gasteiger partial charge in [-0.25, -0.2) is 8.42 Å². The normalized spacial score (nSPS) is 25.4. The number of sulfone groups is 1. The third-order valence-electron chi connectivity index (χ3n) is 2.23. The molecular formula is C7H8BrIN2O2S. The molecule has 0 aliphatic carbocycles. The Morgan fingerprint density at radius 1 is 1.64 bits per heavy atom. The van der Waals surface area contributed by atoms with Crippen LogP contribution < -0.4 is 0 Å². The molecule has 4 nitrogen and oxygen atoms in total. The van der Waals surface area contributed by atoms with Crippen LogP contribution in [0, 0.1) is 3.70 Å². The van der Waals surface area contributed by atoms with Crippen molar-refractivity contribution in [2.75, 3.05) is 11.5 Å². The largest absolute Gasteiger partial charge is 0.266 e. The number of aromatic nitrogens is 2. The summed E-state index contributed by atoms with van der Waals surface area (Å²) in [7, 11) is -2.83. The van der Waals surface area contributed by atoms with Crippen molar-refractivity contribution in [1.82, 2.24) is 9.78 Å². The Labute approximate surface area is 104 Å². The molecule has 78 valence electrons. The van der Waals surface area contributed by atoms with Crippen LogP contribution in [0.2, 0.25) is 0 Å². The minimum atomic E-state index is -2.83. The van der Waals surface area contributed by atoms with Crippen molar-refractivity contribution in [3.05, 3.63) is 14.4 Å². The van der Waals surface area contributed by atoms with Gasteiger partial charge in [-0.1, -0.05) is 0 Å². The van der Waals surface area contributed by atoms with Crippen molar-refractivity contribution < 1.29 is 8.42 Å². The lowest BCUT2D eigenvalue weighted by Crippen LogP contribution is -2.11. The topological polar surface area (TPSA) is 52.0 Å². The predicted molar refractivity (Wildman–Crippen MR) is 65.0 cm³/mol. The van der Waals surface area contributed by atoms with Gasteiger partial charge in [0.15, 0.2) is 9.84 Å². The highest BCUT2D eigenvalue weighted by atomic mass is 127. The van der Waals surface area contributed by atoms with Crippen LogP contribution in [0.3, 0.4) is 0 Å². The highest BCUT2D eigenvalue weighted by Crippen LogP contribution is 2.26. The molecule has 0 radical (unpaired) electrons. The first-order valence-corrected chi connectivity index (χ1v) is 7.78. The van der Waals surface area contributed by atoms with E-state index >= 15 is 0 Å². The smallest absolute Gasteiger partial charge is 0.152 e. The summed E-state index contributed by atoms with van der Waals surface area (Å²) < 4.78 is 26.0. The molecule has 14 heavy (non-hydrogen) atoms. The molecule has 1 aliphatic rings. The van der Waals surface area contributed by atoms with Crippen molar-refractivity contribution >= 4 is 48.4 Å². The maximum atomic E-state index is 11.3. The third-order valence-corrected chi connectivity index (χ3v) is 6.10. The average molecular weight is 391 g/mol. The lowest BCUT2D eigenvalue weighted by molar-refractivity contribution is 0.497. The molecule has 0 amide bonds. The van der Waals surface area contributed by atoms with E-state index in [0.29, 0.717) is 6.42 Å². The molecule has 1 aliphatic heterocycles. The molecule has 2 rings (SSSR count). The molecule has 0 bridgehead atoms. The van der Waals surface area contributed by atoms with E-state index in [1.165, 1.54) is 0 Å². The Hall–Kier alpha value is 0.370. The summed E-state index contributed by atoms with van der Waals surface area (Å²) >= 11 is 5.46. The molecule has 0 N–H and O–H groups in total. The minimum absolute atomic E-state index is 0.0137. The van der Waals surface area contributed by atoms with Crippen LogP contribution in [-0.4, -0.2) is 29.7 Å². The van der Waals surface area contributed by atoms with E-state index in [0.717, 1.165) is 8.17 Å². The zero-order chi connectivity index (χ0) is 10.3. The van der Waals surface area contributed by atoms with Crippen LogP contribution >= 0.6 is 38.5 Å². The number of nitrogens with zero attached hydrogens (tertiary/aromatic N) is 2. The molecule has 1 aromatic rings. The van der Waals surface area contributed by atoms with Crippen LogP contribution in [0.1, 0.15) is 12.5 Å². The molecule has 7 heteroatoms. The summed E-state index contributed by atoms with van der Waals surface area (Å²) in [6.07, 6.45) is 2.51. The lowest BCUT2D eigenvalue weighted by Gasteiger charge is -2.06. The molecule has 2 heterocycles. The van der Waals surface area contributed by atoms with E-state index in [-0.39, 0.29) is 17.5 Å². The fourth-order valence-electron chi connectivity index (χ4n) is 1.52. The Kier molecular flexibility index (Phi) is 2.91. The Morgan fingerprint density at radius 2 is 2.36 bits per heavy atom. The third kappa shape index (κ3) is 2.13. The number of hydrogen-bond acceptors (Lipinski definition) is 3. The van der Waals surface area contributed by atoms with Gasteiger partial charge in [0, 0.05) is 6.20 Å². The molecule has 1 saturated heterocycles. The van der Waals surface area contributed by atoms with Crippen LogP contribution in [0.25, 0.3) is 0 Å². The lowest BCUT2D eigenvalue weighted by atomic mass is 10.3. The Morgan fingerprint density at radius 3 is 2.79 bits per heavy atom. The van der Waals surface area contributed by atoms with E-state index in [1.54, 1.807) is 4.68 Å². The van der Waals surface area contributed by atoms with Crippen LogP contribution in [0.5, 0.6) is 0 Å². The highest BCUT2D eigenvalue weighted by Gasteiger charge is 2.29.